The molecule has 1 aromatic carbocycles. The number of nitrogens with one attached hydrogen (secondary N) is 1. The average molecular weight is 543 g/mol. The second kappa shape index (κ2) is 11.1. The summed E-state index contributed by atoms with van der Waals surface area (Å²) in [5.41, 5.74) is 4.04. The number of rotatable bonds is 5. The number of hydrogen-bond donors (Lipinski definition) is 1. The predicted molar refractivity (Wildman–Crippen MR) is 143 cm³/mol. The van der Waals surface area contributed by atoms with Gasteiger partial charge in [-0.15, -0.1) is 0 Å². The molecule has 1 N–H and O–H groups in total. The van der Waals surface area contributed by atoms with Crippen molar-refractivity contribution in [2.24, 2.45) is 0 Å². The van der Waals surface area contributed by atoms with Crippen molar-refractivity contribution in [3.63, 3.8) is 0 Å². The van der Waals surface area contributed by atoms with Crippen LogP contribution in [0.25, 0.3) is 11.3 Å². The van der Waals surface area contributed by atoms with Crippen molar-refractivity contribution >= 4 is 29.3 Å². The third kappa shape index (κ3) is 7.38. The highest BCUT2D eigenvalue weighted by Gasteiger charge is 2.30. The van der Waals surface area contributed by atoms with Crippen LogP contribution in [0.4, 0.5) is 19.8 Å². The van der Waals surface area contributed by atoms with Crippen LogP contribution in [0.5, 0.6) is 0 Å². The minimum atomic E-state index is -0.698. The normalized spacial score (nSPS) is 17.7. The van der Waals surface area contributed by atoms with Gasteiger partial charge in [0, 0.05) is 30.3 Å². The Morgan fingerprint density at radius 3 is 2.49 bits per heavy atom. The van der Waals surface area contributed by atoms with E-state index in [0.717, 1.165) is 5.57 Å². The molecule has 2 amide bonds. The van der Waals surface area contributed by atoms with Crippen LogP contribution >= 0.6 is 0 Å². The summed E-state index contributed by atoms with van der Waals surface area (Å²) in [7, 11) is 0. The molecule has 1 unspecified atom stereocenters. The van der Waals surface area contributed by atoms with Crippen LogP contribution in [-0.4, -0.2) is 59.2 Å². The van der Waals surface area contributed by atoms with Gasteiger partial charge in [0.15, 0.2) is 5.82 Å². The average Bonchev–Trinajstić information content (AvgIpc) is 3.53. The molecular formula is C28H35FN4O6. The molecule has 11 heteroatoms. The van der Waals surface area contributed by atoms with Crippen LogP contribution in [0.2, 0.25) is 0 Å². The number of aromatic nitrogens is 1. The monoisotopic (exact) mass is 542 g/mol. The van der Waals surface area contributed by atoms with Crippen molar-refractivity contribution < 1.29 is 32.8 Å². The first-order chi connectivity index (χ1) is 18.3. The van der Waals surface area contributed by atoms with E-state index in [4.69, 9.17) is 18.8 Å². The van der Waals surface area contributed by atoms with Gasteiger partial charge in [-0.3, -0.25) is 15.2 Å². The van der Waals surface area contributed by atoms with Crippen LogP contribution in [-0.2, 0) is 14.3 Å². The number of nitrogens with zero attached hydrogens (tertiary/aromatic N) is 3. The molecule has 39 heavy (non-hydrogen) atoms. The van der Waals surface area contributed by atoms with Crippen LogP contribution < -0.4 is 10.4 Å². The van der Waals surface area contributed by atoms with E-state index < -0.39 is 23.4 Å². The quantitative estimate of drug-likeness (QED) is 0.526. The van der Waals surface area contributed by atoms with E-state index in [1.165, 1.54) is 17.2 Å². The van der Waals surface area contributed by atoms with Crippen molar-refractivity contribution in [2.45, 2.75) is 65.3 Å². The topological polar surface area (TPSA) is 106 Å². The Labute approximate surface area is 227 Å². The maximum absolute atomic E-state index is 15.2. The van der Waals surface area contributed by atoms with Gasteiger partial charge in [-0.05, 0) is 65.7 Å². The molecule has 4 rings (SSSR count). The van der Waals surface area contributed by atoms with Gasteiger partial charge in [0.2, 0.25) is 0 Å². The maximum atomic E-state index is 15.2. The standard InChI is InChI=1S/C28H35FN4O6/c1-27(2,3)37-25(34)32-12-9-18(10-13-32)21-8-7-19(15-22(21)29)23-16-20(39-30-23)17-33(24-11-14-36-31-24)26(35)38-28(4,5)6/h7-9,11,14-16,20,30H,10,12-13,17H2,1-6H3. The molecule has 1 aromatic heterocycles. The summed E-state index contributed by atoms with van der Waals surface area (Å²) < 4.78 is 31.0. The van der Waals surface area contributed by atoms with E-state index in [0.29, 0.717) is 36.3 Å². The second-order valence-electron chi connectivity index (χ2n) is 11.4. The lowest BCUT2D eigenvalue weighted by Gasteiger charge is -2.29. The van der Waals surface area contributed by atoms with E-state index in [-0.39, 0.29) is 24.3 Å². The molecule has 0 fully saturated rings. The molecule has 210 valence electrons. The van der Waals surface area contributed by atoms with Crippen molar-refractivity contribution in [1.29, 1.82) is 0 Å². The lowest BCUT2D eigenvalue weighted by Crippen LogP contribution is -2.41. The molecule has 2 aliphatic heterocycles. The fourth-order valence-electron chi connectivity index (χ4n) is 4.09. The summed E-state index contributed by atoms with van der Waals surface area (Å²) in [6.45, 7) is 11.7. The van der Waals surface area contributed by atoms with Gasteiger partial charge in [0.25, 0.3) is 0 Å². The Balaban J connectivity index is 1.43. The molecular weight excluding hydrogens is 507 g/mol. The first-order valence-electron chi connectivity index (χ1n) is 12.8. The van der Waals surface area contributed by atoms with Crippen LogP contribution in [0.3, 0.4) is 0 Å². The van der Waals surface area contributed by atoms with Gasteiger partial charge in [0.1, 0.15) is 29.4 Å². The third-order valence-electron chi connectivity index (χ3n) is 5.84. The molecule has 1 atom stereocenters. The lowest BCUT2D eigenvalue weighted by atomic mass is 9.97. The minimum absolute atomic E-state index is 0.0968. The summed E-state index contributed by atoms with van der Waals surface area (Å²) in [5, 5.41) is 3.85. The number of hydrogen-bond acceptors (Lipinski definition) is 8. The highest BCUT2D eigenvalue weighted by Crippen LogP contribution is 2.29. The molecule has 2 aromatic rings. The van der Waals surface area contributed by atoms with Gasteiger partial charge in [-0.2, -0.15) is 0 Å². The molecule has 0 aliphatic carbocycles. The number of benzene rings is 1. The van der Waals surface area contributed by atoms with Crippen LogP contribution in [0.15, 0.2) is 47.2 Å². The summed E-state index contributed by atoms with van der Waals surface area (Å²) in [6.07, 6.45) is 3.98. The van der Waals surface area contributed by atoms with E-state index in [2.05, 4.69) is 10.6 Å². The number of ether oxygens (including phenoxy) is 2. The molecule has 0 saturated carbocycles. The highest BCUT2D eigenvalue weighted by atomic mass is 19.1. The zero-order valence-corrected chi connectivity index (χ0v) is 23.1. The van der Waals surface area contributed by atoms with Crippen molar-refractivity contribution in [2.75, 3.05) is 24.5 Å². The number of carbonyl (C=O) groups excluding carboxylic acids is 2. The summed E-state index contributed by atoms with van der Waals surface area (Å²) in [4.78, 5) is 33.7. The number of amides is 2. The van der Waals surface area contributed by atoms with E-state index in [1.54, 1.807) is 49.9 Å². The van der Waals surface area contributed by atoms with Crippen molar-refractivity contribution in [3.05, 3.63) is 59.6 Å². The molecule has 0 bridgehead atoms. The van der Waals surface area contributed by atoms with Crippen LogP contribution in [0.1, 0.15) is 59.1 Å². The third-order valence-corrected chi connectivity index (χ3v) is 5.84. The summed E-state index contributed by atoms with van der Waals surface area (Å²) >= 11 is 0. The van der Waals surface area contributed by atoms with Crippen molar-refractivity contribution in [1.82, 2.24) is 15.5 Å². The lowest BCUT2D eigenvalue weighted by molar-refractivity contribution is 0.0270. The fourth-order valence-corrected chi connectivity index (χ4v) is 4.09. The maximum Gasteiger partial charge on any atom is 0.416 e. The number of halogens is 1. The van der Waals surface area contributed by atoms with Gasteiger partial charge in [-0.25, -0.2) is 14.0 Å². The first kappa shape index (κ1) is 28.2. The molecule has 10 nitrogen and oxygen atoms in total. The van der Waals surface area contributed by atoms with Crippen molar-refractivity contribution in [3.8, 4) is 0 Å². The first-order valence-corrected chi connectivity index (χ1v) is 12.8. The zero-order chi connectivity index (χ0) is 28.4. The Bertz CT molecular complexity index is 1260. The SMILES string of the molecule is CC(C)(C)OC(=O)N1CC=C(c2ccc(C3=CC(CN(C(=O)OC(C)(C)C)c4ccon4)ON3)cc2F)CC1. The molecule has 2 aliphatic rings. The molecule has 0 spiro atoms. The van der Waals surface area contributed by atoms with Gasteiger partial charge in [0.05, 0.1) is 12.2 Å². The minimum Gasteiger partial charge on any atom is -0.444 e. The van der Waals surface area contributed by atoms with E-state index in [1.807, 2.05) is 26.8 Å². The fraction of sp³-hybridized carbons (Fsp3) is 0.464. The number of anilines is 1. The van der Waals surface area contributed by atoms with Gasteiger partial charge >= 0.3 is 12.2 Å². The Morgan fingerprint density at radius 2 is 1.90 bits per heavy atom. The molecule has 0 saturated heterocycles. The van der Waals surface area contributed by atoms with Gasteiger partial charge in [-0.1, -0.05) is 23.4 Å². The number of hydroxylamine groups is 1. The van der Waals surface area contributed by atoms with Crippen LogP contribution in [0, 0.1) is 5.82 Å². The Morgan fingerprint density at radius 1 is 1.15 bits per heavy atom. The predicted octanol–water partition coefficient (Wildman–Crippen LogP) is 5.52. The second-order valence-corrected chi connectivity index (χ2v) is 11.4. The summed E-state index contributed by atoms with van der Waals surface area (Å²) in [5.74, 6) is -0.0929. The Kier molecular flexibility index (Phi) is 8.01. The Hall–Kier alpha value is -3.86. The number of carbonyl (C=O) groups is 2. The molecule has 3 heterocycles. The smallest absolute Gasteiger partial charge is 0.416 e. The highest BCUT2D eigenvalue weighted by molar-refractivity contribution is 5.86. The van der Waals surface area contributed by atoms with E-state index >= 15 is 4.39 Å². The largest absolute Gasteiger partial charge is 0.444 e. The zero-order valence-electron chi connectivity index (χ0n) is 23.1. The molecule has 0 radical (unpaired) electrons. The van der Waals surface area contributed by atoms with Gasteiger partial charge < -0.3 is 18.9 Å². The summed E-state index contributed by atoms with van der Waals surface area (Å²) in [6, 6.07) is 6.51. The van der Waals surface area contributed by atoms with E-state index in [9.17, 15) is 9.59 Å².